The van der Waals surface area contributed by atoms with Gasteiger partial charge in [-0.25, -0.2) is 15.0 Å². The lowest BCUT2D eigenvalue weighted by Gasteiger charge is -2.42. The Bertz CT molecular complexity index is 755. The molecule has 0 saturated carbocycles. The van der Waals surface area contributed by atoms with Gasteiger partial charge < -0.3 is 14.9 Å². The van der Waals surface area contributed by atoms with Gasteiger partial charge in [0.2, 0.25) is 0 Å². The minimum Gasteiger partial charge on any atom is -0.413 e. The first-order chi connectivity index (χ1) is 12.8. The summed E-state index contributed by atoms with van der Waals surface area (Å²) in [6, 6.07) is 0. The van der Waals surface area contributed by atoms with Crippen LogP contribution in [-0.4, -0.2) is 40.5 Å². The van der Waals surface area contributed by atoms with Crippen LogP contribution in [0, 0.1) is 0 Å². The fourth-order valence-corrected chi connectivity index (χ4v) is 10.3. The molecule has 1 aliphatic rings. The standard InChI is InChI=1S/C19H33N5O2Si/c1-12(2)27(13(3)4,14(5)6)25-9-15-7-8-16(26-15)24-11-23-17-18(20)21-10-22-19(17)24/h10-16H,7-9H2,1-6H3,(H2,20,21,22)/t15?,16-/m1/s1. The van der Waals surface area contributed by atoms with Crippen molar-refractivity contribution in [2.24, 2.45) is 0 Å². The van der Waals surface area contributed by atoms with Gasteiger partial charge in [0.25, 0.3) is 0 Å². The van der Waals surface area contributed by atoms with Crippen LogP contribution in [0.1, 0.15) is 60.6 Å². The molecule has 1 unspecified atom stereocenters. The Kier molecular flexibility index (Phi) is 5.88. The van der Waals surface area contributed by atoms with Crippen molar-refractivity contribution in [1.29, 1.82) is 0 Å². The van der Waals surface area contributed by atoms with Gasteiger partial charge in [0.05, 0.1) is 19.0 Å². The fourth-order valence-electron chi connectivity index (χ4n) is 4.83. The second-order valence-electron chi connectivity index (χ2n) is 8.50. The highest BCUT2D eigenvalue weighted by Gasteiger charge is 2.45. The number of nitrogens with two attached hydrogens (primary N) is 1. The van der Waals surface area contributed by atoms with Crippen LogP contribution in [0.4, 0.5) is 5.82 Å². The zero-order valence-electron chi connectivity index (χ0n) is 17.3. The van der Waals surface area contributed by atoms with Gasteiger partial charge in [-0.1, -0.05) is 41.5 Å². The van der Waals surface area contributed by atoms with Gasteiger partial charge in [-0.2, -0.15) is 0 Å². The van der Waals surface area contributed by atoms with E-state index >= 15 is 0 Å². The number of fused-ring (bicyclic) bond motifs is 1. The van der Waals surface area contributed by atoms with Crippen molar-refractivity contribution in [2.45, 2.75) is 83.3 Å². The van der Waals surface area contributed by atoms with Crippen LogP contribution in [0.3, 0.4) is 0 Å². The molecule has 1 saturated heterocycles. The summed E-state index contributed by atoms with van der Waals surface area (Å²) in [6.45, 7) is 14.5. The Morgan fingerprint density at radius 3 is 2.41 bits per heavy atom. The van der Waals surface area contributed by atoms with E-state index in [4.69, 9.17) is 14.9 Å². The number of imidazole rings is 1. The largest absolute Gasteiger partial charge is 0.413 e. The van der Waals surface area contributed by atoms with Crippen molar-refractivity contribution in [2.75, 3.05) is 12.3 Å². The lowest BCUT2D eigenvalue weighted by Crippen LogP contribution is -2.49. The highest BCUT2D eigenvalue weighted by atomic mass is 28.4. The molecule has 27 heavy (non-hydrogen) atoms. The maximum atomic E-state index is 6.71. The predicted molar refractivity (Wildman–Crippen MR) is 110 cm³/mol. The second-order valence-corrected chi connectivity index (χ2v) is 14.0. The predicted octanol–water partition coefficient (Wildman–Crippen LogP) is 4.28. The smallest absolute Gasteiger partial charge is 0.200 e. The van der Waals surface area contributed by atoms with Crippen LogP contribution in [0.5, 0.6) is 0 Å². The first-order valence-electron chi connectivity index (χ1n) is 9.99. The molecule has 0 spiro atoms. The average molecular weight is 392 g/mol. The van der Waals surface area contributed by atoms with E-state index in [2.05, 4.69) is 56.5 Å². The fraction of sp³-hybridized carbons (Fsp3) is 0.737. The topological polar surface area (TPSA) is 88.1 Å². The SMILES string of the molecule is CC(C)[Si](OCC1CC[C@H](n2cnc3c(N)ncnc32)O1)(C(C)C)C(C)C. The van der Waals surface area contributed by atoms with Crippen LogP contribution in [0.25, 0.3) is 11.2 Å². The maximum absolute atomic E-state index is 6.71. The molecule has 0 aliphatic carbocycles. The Morgan fingerprint density at radius 2 is 1.78 bits per heavy atom. The number of aromatic nitrogens is 4. The molecule has 2 N–H and O–H groups in total. The highest BCUT2D eigenvalue weighted by Crippen LogP contribution is 2.43. The molecule has 0 bridgehead atoms. The van der Waals surface area contributed by atoms with E-state index in [1.54, 1.807) is 6.33 Å². The Morgan fingerprint density at radius 1 is 1.11 bits per heavy atom. The van der Waals surface area contributed by atoms with Crippen molar-refractivity contribution < 1.29 is 9.16 Å². The molecule has 2 aromatic heterocycles. The number of ether oxygens (including phenoxy) is 1. The van der Waals surface area contributed by atoms with E-state index in [1.165, 1.54) is 6.33 Å². The van der Waals surface area contributed by atoms with Crippen molar-refractivity contribution in [3.63, 3.8) is 0 Å². The minimum absolute atomic E-state index is 0.0777. The molecule has 0 amide bonds. The molecule has 7 nitrogen and oxygen atoms in total. The van der Waals surface area contributed by atoms with Crippen molar-refractivity contribution >= 4 is 25.3 Å². The average Bonchev–Trinajstić information content (AvgIpc) is 3.21. The van der Waals surface area contributed by atoms with Gasteiger partial charge in [-0.05, 0) is 29.5 Å². The van der Waals surface area contributed by atoms with E-state index in [0.29, 0.717) is 34.6 Å². The van der Waals surface area contributed by atoms with Crippen molar-refractivity contribution in [1.82, 2.24) is 19.5 Å². The highest BCUT2D eigenvalue weighted by molar-refractivity contribution is 6.77. The zero-order chi connectivity index (χ0) is 19.8. The summed E-state index contributed by atoms with van der Waals surface area (Å²) in [7, 11) is -1.87. The third-order valence-corrected chi connectivity index (χ3v) is 12.1. The Balaban J connectivity index is 1.70. The molecular formula is C19H33N5O2Si. The summed E-state index contributed by atoms with van der Waals surface area (Å²) in [4.78, 5) is 12.7. The van der Waals surface area contributed by atoms with Gasteiger partial charge >= 0.3 is 0 Å². The second kappa shape index (κ2) is 7.85. The molecule has 1 fully saturated rings. The van der Waals surface area contributed by atoms with E-state index in [0.717, 1.165) is 18.5 Å². The summed E-state index contributed by atoms with van der Waals surface area (Å²) in [6.07, 6.45) is 5.14. The molecular weight excluding hydrogens is 358 g/mol. The molecule has 2 atom stereocenters. The van der Waals surface area contributed by atoms with Crippen molar-refractivity contribution in [3.8, 4) is 0 Å². The van der Waals surface area contributed by atoms with E-state index in [1.807, 2.05) is 4.57 Å². The number of nitrogen functional groups attached to an aromatic ring is 1. The van der Waals surface area contributed by atoms with Crippen molar-refractivity contribution in [3.05, 3.63) is 12.7 Å². The van der Waals surface area contributed by atoms with Crippen LogP contribution in [0.15, 0.2) is 12.7 Å². The van der Waals surface area contributed by atoms with E-state index in [-0.39, 0.29) is 12.3 Å². The maximum Gasteiger partial charge on any atom is 0.200 e. The third kappa shape index (κ3) is 3.62. The van der Waals surface area contributed by atoms with Crippen LogP contribution in [0.2, 0.25) is 16.6 Å². The molecule has 150 valence electrons. The lowest BCUT2D eigenvalue weighted by atomic mass is 10.2. The number of anilines is 1. The molecule has 3 rings (SSSR count). The number of rotatable bonds is 7. The Labute approximate surface area is 162 Å². The van der Waals surface area contributed by atoms with Gasteiger partial charge in [0.15, 0.2) is 19.8 Å². The van der Waals surface area contributed by atoms with E-state index in [9.17, 15) is 0 Å². The first kappa shape index (κ1) is 20.2. The van der Waals surface area contributed by atoms with E-state index < -0.39 is 8.32 Å². The normalized spacial score (nSPS) is 21.2. The summed E-state index contributed by atoms with van der Waals surface area (Å²) in [5.41, 5.74) is 8.98. The molecule has 2 aromatic rings. The van der Waals surface area contributed by atoms with Gasteiger partial charge in [-0.3, -0.25) is 4.57 Å². The molecule has 0 radical (unpaired) electrons. The summed E-state index contributed by atoms with van der Waals surface area (Å²) < 4.78 is 15.0. The monoisotopic (exact) mass is 391 g/mol. The molecule has 0 aromatic carbocycles. The van der Waals surface area contributed by atoms with Gasteiger partial charge in [-0.15, -0.1) is 0 Å². The summed E-state index contributed by atoms with van der Waals surface area (Å²) >= 11 is 0. The minimum atomic E-state index is -1.87. The zero-order valence-corrected chi connectivity index (χ0v) is 18.3. The van der Waals surface area contributed by atoms with Gasteiger partial charge in [0.1, 0.15) is 18.1 Å². The number of nitrogens with zero attached hydrogens (tertiary/aromatic N) is 4. The Hall–Kier alpha value is -1.51. The quantitative estimate of drug-likeness (QED) is 0.709. The van der Waals surface area contributed by atoms with Crippen LogP contribution in [-0.2, 0) is 9.16 Å². The molecule has 3 heterocycles. The van der Waals surface area contributed by atoms with Gasteiger partial charge in [0, 0.05) is 0 Å². The third-order valence-electron chi connectivity index (χ3n) is 6.01. The van der Waals surface area contributed by atoms with Crippen LogP contribution >= 0.6 is 0 Å². The number of hydrogen-bond acceptors (Lipinski definition) is 6. The lowest BCUT2D eigenvalue weighted by molar-refractivity contribution is -0.0188. The molecule has 1 aliphatic heterocycles. The van der Waals surface area contributed by atoms with Crippen LogP contribution < -0.4 is 5.73 Å². The summed E-state index contributed by atoms with van der Waals surface area (Å²) in [5.74, 6) is 0.401. The molecule has 8 heteroatoms. The first-order valence-corrected chi connectivity index (χ1v) is 12.1. The number of hydrogen-bond donors (Lipinski definition) is 1. The summed E-state index contributed by atoms with van der Waals surface area (Å²) in [5, 5.41) is 0.